The fourth-order valence-electron chi connectivity index (χ4n) is 3.01. The molecule has 1 saturated carbocycles. The smallest absolute Gasteiger partial charge is 0.145 e. The summed E-state index contributed by atoms with van der Waals surface area (Å²) in [5, 5.41) is 6.92. The van der Waals surface area contributed by atoms with E-state index >= 15 is 0 Å². The van der Waals surface area contributed by atoms with Crippen molar-refractivity contribution in [3.05, 3.63) is 35.9 Å². The van der Waals surface area contributed by atoms with Crippen LogP contribution in [0.25, 0.3) is 11.3 Å². The normalized spacial score (nSPS) is 23.4. The van der Waals surface area contributed by atoms with Crippen molar-refractivity contribution in [2.45, 2.75) is 38.5 Å². The standard InChI is InChI=1S/C16H21N3/c1-11-2-4-12(5-3-11)13-6-8-14(9-7-13)15-10-16(17)19-18-15/h6-12H,2-5H2,1H3,(H3,17,18,19). The van der Waals surface area contributed by atoms with E-state index in [1.807, 2.05) is 6.07 Å². The topological polar surface area (TPSA) is 54.7 Å². The first-order chi connectivity index (χ1) is 9.22. The van der Waals surface area contributed by atoms with Gasteiger partial charge in [-0.3, -0.25) is 5.10 Å². The monoisotopic (exact) mass is 255 g/mol. The highest BCUT2D eigenvalue weighted by Gasteiger charge is 2.19. The number of nitrogens with zero attached hydrogens (tertiary/aromatic N) is 1. The lowest BCUT2D eigenvalue weighted by molar-refractivity contribution is 0.348. The Labute approximate surface area is 114 Å². The first-order valence-corrected chi connectivity index (χ1v) is 7.13. The highest BCUT2D eigenvalue weighted by atomic mass is 15.2. The van der Waals surface area contributed by atoms with Gasteiger partial charge in [0.2, 0.25) is 0 Å². The maximum Gasteiger partial charge on any atom is 0.145 e. The molecule has 3 nitrogen and oxygen atoms in total. The molecule has 1 fully saturated rings. The van der Waals surface area contributed by atoms with E-state index in [4.69, 9.17) is 5.73 Å². The number of H-pyrrole nitrogens is 1. The van der Waals surface area contributed by atoms with Gasteiger partial charge in [0.05, 0.1) is 5.69 Å². The summed E-state index contributed by atoms with van der Waals surface area (Å²) >= 11 is 0. The highest BCUT2D eigenvalue weighted by Crippen LogP contribution is 2.36. The number of nitrogen functional groups attached to an aromatic ring is 1. The Balaban J connectivity index is 1.75. The second-order valence-electron chi connectivity index (χ2n) is 5.79. The lowest BCUT2D eigenvalue weighted by Crippen LogP contribution is -2.10. The van der Waals surface area contributed by atoms with Crippen LogP contribution >= 0.6 is 0 Å². The molecule has 0 aliphatic heterocycles. The number of nitrogens with one attached hydrogen (secondary N) is 1. The van der Waals surface area contributed by atoms with Crippen LogP contribution in [0.4, 0.5) is 5.82 Å². The van der Waals surface area contributed by atoms with Crippen LogP contribution in [0.15, 0.2) is 30.3 Å². The van der Waals surface area contributed by atoms with Crippen LogP contribution in [0.5, 0.6) is 0 Å². The minimum Gasteiger partial charge on any atom is -0.382 e. The van der Waals surface area contributed by atoms with E-state index in [1.54, 1.807) is 0 Å². The van der Waals surface area contributed by atoms with Gasteiger partial charge in [0.15, 0.2) is 0 Å². The molecule has 3 rings (SSSR count). The maximum absolute atomic E-state index is 5.63. The molecular formula is C16H21N3. The zero-order valence-corrected chi connectivity index (χ0v) is 11.4. The van der Waals surface area contributed by atoms with Crippen LogP contribution in [0.2, 0.25) is 0 Å². The van der Waals surface area contributed by atoms with E-state index in [0.717, 1.165) is 23.1 Å². The predicted molar refractivity (Wildman–Crippen MR) is 78.8 cm³/mol. The van der Waals surface area contributed by atoms with Gasteiger partial charge in [-0.25, -0.2) is 0 Å². The summed E-state index contributed by atoms with van der Waals surface area (Å²) in [7, 11) is 0. The lowest BCUT2D eigenvalue weighted by Gasteiger charge is -2.26. The zero-order chi connectivity index (χ0) is 13.2. The summed E-state index contributed by atoms with van der Waals surface area (Å²) in [4.78, 5) is 0. The summed E-state index contributed by atoms with van der Waals surface area (Å²) in [6.07, 6.45) is 5.39. The number of aromatic amines is 1. The Bertz CT molecular complexity index is 533. The Kier molecular flexibility index (Phi) is 3.28. The Morgan fingerprint density at radius 2 is 1.79 bits per heavy atom. The van der Waals surface area contributed by atoms with Gasteiger partial charge in [0.1, 0.15) is 5.82 Å². The summed E-state index contributed by atoms with van der Waals surface area (Å²) in [6.45, 7) is 2.36. The number of hydrogen-bond donors (Lipinski definition) is 2. The molecule has 0 saturated heterocycles. The summed E-state index contributed by atoms with van der Waals surface area (Å²) in [6, 6.07) is 10.7. The molecule has 19 heavy (non-hydrogen) atoms. The predicted octanol–water partition coefficient (Wildman–Crippen LogP) is 3.95. The molecule has 1 aliphatic carbocycles. The molecule has 0 amide bonds. The van der Waals surface area contributed by atoms with E-state index in [0.29, 0.717) is 5.82 Å². The van der Waals surface area contributed by atoms with Gasteiger partial charge in [-0.05, 0) is 35.8 Å². The van der Waals surface area contributed by atoms with Crippen molar-refractivity contribution < 1.29 is 0 Å². The zero-order valence-electron chi connectivity index (χ0n) is 11.4. The fourth-order valence-corrected chi connectivity index (χ4v) is 3.01. The molecule has 0 radical (unpaired) electrons. The number of hydrogen-bond acceptors (Lipinski definition) is 2. The van der Waals surface area contributed by atoms with Crippen molar-refractivity contribution in [2.24, 2.45) is 5.92 Å². The van der Waals surface area contributed by atoms with Crippen molar-refractivity contribution in [1.82, 2.24) is 10.2 Å². The Morgan fingerprint density at radius 1 is 1.11 bits per heavy atom. The highest BCUT2D eigenvalue weighted by molar-refractivity contribution is 5.62. The molecule has 3 N–H and O–H groups in total. The average Bonchev–Trinajstić information content (AvgIpc) is 2.87. The molecule has 1 aliphatic rings. The van der Waals surface area contributed by atoms with Gasteiger partial charge in [-0.2, -0.15) is 5.10 Å². The molecule has 1 heterocycles. The van der Waals surface area contributed by atoms with Crippen molar-refractivity contribution in [2.75, 3.05) is 5.73 Å². The van der Waals surface area contributed by atoms with E-state index in [9.17, 15) is 0 Å². The van der Waals surface area contributed by atoms with E-state index in [1.165, 1.54) is 31.2 Å². The second-order valence-corrected chi connectivity index (χ2v) is 5.79. The molecule has 2 aromatic rings. The van der Waals surface area contributed by atoms with E-state index in [-0.39, 0.29) is 0 Å². The number of benzene rings is 1. The molecule has 0 unspecified atom stereocenters. The van der Waals surface area contributed by atoms with Crippen LogP contribution in [-0.4, -0.2) is 10.2 Å². The Morgan fingerprint density at radius 3 is 2.37 bits per heavy atom. The van der Waals surface area contributed by atoms with E-state index < -0.39 is 0 Å². The van der Waals surface area contributed by atoms with Gasteiger partial charge in [0, 0.05) is 6.07 Å². The Hall–Kier alpha value is -1.77. The van der Waals surface area contributed by atoms with Crippen molar-refractivity contribution >= 4 is 5.82 Å². The first-order valence-electron chi connectivity index (χ1n) is 7.13. The molecule has 100 valence electrons. The first kappa shape index (κ1) is 12.3. The number of anilines is 1. The third-order valence-electron chi connectivity index (χ3n) is 4.31. The van der Waals surface area contributed by atoms with Crippen LogP contribution in [0.1, 0.15) is 44.1 Å². The van der Waals surface area contributed by atoms with E-state index in [2.05, 4.69) is 41.4 Å². The third-order valence-corrected chi connectivity index (χ3v) is 4.31. The molecule has 1 aromatic heterocycles. The van der Waals surface area contributed by atoms with Crippen molar-refractivity contribution in [3.63, 3.8) is 0 Å². The minimum absolute atomic E-state index is 0.542. The number of aromatic nitrogens is 2. The summed E-state index contributed by atoms with van der Waals surface area (Å²) in [5.41, 5.74) is 9.25. The third kappa shape index (κ3) is 2.65. The quantitative estimate of drug-likeness (QED) is 0.853. The molecule has 0 atom stereocenters. The van der Waals surface area contributed by atoms with Crippen LogP contribution < -0.4 is 5.73 Å². The van der Waals surface area contributed by atoms with Gasteiger partial charge < -0.3 is 5.73 Å². The average molecular weight is 255 g/mol. The summed E-state index contributed by atoms with van der Waals surface area (Å²) in [5.74, 6) is 2.20. The SMILES string of the molecule is CC1CCC(c2ccc(-c3cc(N)n[nH]3)cc2)CC1. The lowest BCUT2D eigenvalue weighted by atomic mass is 9.79. The van der Waals surface area contributed by atoms with Crippen molar-refractivity contribution in [1.29, 1.82) is 0 Å². The molecule has 3 heteroatoms. The van der Waals surface area contributed by atoms with Gasteiger partial charge in [0.25, 0.3) is 0 Å². The molecule has 1 aromatic carbocycles. The van der Waals surface area contributed by atoms with Gasteiger partial charge in [-0.1, -0.05) is 44.0 Å². The van der Waals surface area contributed by atoms with Crippen LogP contribution in [-0.2, 0) is 0 Å². The number of rotatable bonds is 2. The summed E-state index contributed by atoms with van der Waals surface area (Å²) < 4.78 is 0. The largest absolute Gasteiger partial charge is 0.382 e. The number of nitrogens with two attached hydrogens (primary N) is 1. The molecule has 0 bridgehead atoms. The molecular weight excluding hydrogens is 234 g/mol. The molecule has 0 spiro atoms. The second kappa shape index (κ2) is 5.08. The van der Waals surface area contributed by atoms with Gasteiger partial charge in [-0.15, -0.1) is 0 Å². The van der Waals surface area contributed by atoms with Crippen LogP contribution in [0.3, 0.4) is 0 Å². The van der Waals surface area contributed by atoms with Crippen molar-refractivity contribution in [3.8, 4) is 11.3 Å². The fraction of sp³-hybridized carbons (Fsp3) is 0.438. The van der Waals surface area contributed by atoms with Gasteiger partial charge >= 0.3 is 0 Å². The minimum atomic E-state index is 0.542. The maximum atomic E-state index is 5.63. The van der Waals surface area contributed by atoms with Crippen LogP contribution in [0, 0.1) is 5.92 Å².